The molecule has 3 aliphatic rings. The number of rotatable bonds is 8. The molecule has 37 heavy (non-hydrogen) atoms. The van der Waals surface area contributed by atoms with E-state index in [0.29, 0.717) is 48.7 Å². The molecular formula is C25H33N5O6S. The molecule has 1 amide bonds. The quantitative estimate of drug-likeness (QED) is 0.463. The Kier molecular flexibility index (Phi) is 7.15. The maximum Gasteiger partial charge on any atom is 0.292 e. The number of ether oxygens (including phenoxy) is 1. The van der Waals surface area contributed by atoms with Gasteiger partial charge in [0.25, 0.3) is 11.5 Å². The van der Waals surface area contributed by atoms with Crippen LogP contribution in [0.1, 0.15) is 36.0 Å². The number of benzene rings is 1. The summed E-state index contributed by atoms with van der Waals surface area (Å²) in [6.45, 7) is 3.24. The van der Waals surface area contributed by atoms with Crippen molar-refractivity contribution in [2.75, 3.05) is 71.7 Å². The van der Waals surface area contributed by atoms with Crippen molar-refractivity contribution < 1.29 is 23.1 Å². The first-order valence-corrected chi connectivity index (χ1v) is 14.3. The van der Waals surface area contributed by atoms with Gasteiger partial charge in [-0.15, -0.1) is 0 Å². The van der Waals surface area contributed by atoms with E-state index >= 15 is 0 Å². The van der Waals surface area contributed by atoms with Crippen molar-refractivity contribution >= 4 is 33.0 Å². The second-order valence-electron chi connectivity index (χ2n) is 9.96. The van der Waals surface area contributed by atoms with Crippen LogP contribution < -0.4 is 25.5 Å². The number of aromatic nitrogens is 1. The summed E-state index contributed by atoms with van der Waals surface area (Å²) < 4.78 is 33.8. The number of pyridine rings is 1. The summed E-state index contributed by atoms with van der Waals surface area (Å²) in [4.78, 5) is 28.7. The van der Waals surface area contributed by atoms with Gasteiger partial charge in [-0.2, -0.15) is 0 Å². The van der Waals surface area contributed by atoms with E-state index in [4.69, 9.17) is 9.84 Å². The van der Waals surface area contributed by atoms with Crippen LogP contribution in [0.15, 0.2) is 41.3 Å². The minimum absolute atomic E-state index is 0.160. The van der Waals surface area contributed by atoms with Crippen LogP contribution in [-0.2, 0) is 14.8 Å². The van der Waals surface area contributed by atoms with Gasteiger partial charge in [-0.25, -0.2) is 13.1 Å². The zero-order valence-corrected chi connectivity index (χ0v) is 21.5. The van der Waals surface area contributed by atoms with E-state index < -0.39 is 28.3 Å². The smallest absolute Gasteiger partial charge is 0.292 e. The lowest BCUT2D eigenvalue weighted by atomic mass is 9.93. The van der Waals surface area contributed by atoms with Crippen LogP contribution >= 0.6 is 0 Å². The maximum atomic E-state index is 13.5. The first kappa shape index (κ1) is 25.6. The number of piperidine rings is 1. The van der Waals surface area contributed by atoms with Gasteiger partial charge in [-0.3, -0.25) is 14.3 Å². The molecule has 200 valence electrons. The summed E-state index contributed by atoms with van der Waals surface area (Å²) >= 11 is 0. The number of hydrogen-bond acceptors (Lipinski definition) is 8. The Balaban J connectivity index is 1.42. The molecule has 2 saturated heterocycles. The highest BCUT2D eigenvalue weighted by atomic mass is 32.2. The molecule has 1 saturated carbocycles. The second kappa shape index (κ2) is 10.3. The van der Waals surface area contributed by atoms with Gasteiger partial charge >= 0.3 is 0 Å². The first-order valence-electron chi connectivity index (χ1n) is 12.7. The van der Waals surface area contributed by atoms with Gasteiger partial charge in [0.05, 0.1) is 55.6 Å². The molecule has 1 spiro atoms. The van der Waals surface area contributed by atoms with Crippen LogP contribution in [0, 0.1) is 5.41 Å². The van der Waals surface area contributed by atoms with Crippen molar-refractivity contribution in [3.63, 3.8) is 0 Å². The zero-order chi connectivity index (χ0) is 26.0. The molecule has 5 rings (SSSR count). The molecule has 3 fully saturated rings. The Hall–Kier alpha value is -3.09. The number of aliphatic hydroxyl groups is 1. The molecule has 12 heteroatoms. The van der Waals surface area contributed by atoms with Crippen LogP contribution in [0.2, 0.25) is 0 Å². The molecule has 1 aliphatic carbocycles. The number of hydrogen-bond donors (Lipinski definition) is 3. The van der Waals surface area contributed by atoms with E-state index in [2.05, 4.69) is 14.9 Å². The third-order valence-corrected chi connectivity index (χ3v) is 8.73. The lowest BCUT2D eigenvalue weighted by Crippen LogP contribution is -2.49. The Labute approximate surface area is 216 Å². The Morgan fingerprint density at radius 2 is 1.78 bits per heavy atom. The van der Waals surface area contributed by atoms with E-state index in [1.165, 1.54) is 23.6 Å². The van der Waals surface area contributed by atoms with Crippen LogP contribution in [0.4, 0.5) is 17.1 Å². The number of nitrogens with one attached hydrogen (secondary N) is 2. The van der Waals surface area contributed by atoms with Gasteiger partial charge in [-0.1, -0.05) is 0 Å². The van der Waals surface area contributed by atoms with E-state index in [-0.39, 0.29) is 11.2 Å². The molecule has 0 atom stereocenters. The fraction of sp³-hybridized carbons (Fsp3) is 0.520. The summed E-state index contributed by atoms with van der Waals surface area (Å²) in [5.41, 5.74) is 1.55. The molecule has 0 bridgehead atoms. The maximum absolute atomic E-state index is 13.5. The summed E-state index contributed by atoms with van der Waals surface area (Å²) in [5.74, 6) is -0.858. The van der Waals surface area contributed by atoms with E-state index in [9.17, 15) is 18.0 Å². The fourth-order valence-corrected chi connectivity index (χ4v) is 5.89. The SMILES string of the molecule is O=C(Nc1cccn(N2CCOCC2)c1=O)c1ccc(NS(=O)(=O)CCO)cc1N1CCC2(CC1)CC2. The number of carbonyl (C=O) groups is 1. The van der Waals surface area contributed by atoms with Crippen molar-refractivity contribution in [1.29, 1.82) is 0 Å². The van der Waals surface area contributed by atoms with Gasteiger partial charge in [0.15, 0.2) is 0 Å². The number of anilines is 3. The molecular weight excluding hydrogens is 498 g/mol. The summed E-state index contributed by atoms with van der Waals surface area (Å²) in [5, 5.41) is 13.7. The molecule has 0 unspecified atom stereocenters. The minimum atomic E-state index is -3.72. The van der Waals surface area contributed by atoms with E-state index in [0.717, 1.165) is 25.9 Å². The molecule has 3 heterocycles. The Morgan fingerprint density at radius 1 is 1.05 bits per heavy atom. The van der Waals surface area contributed by atoms with Gasteiger partial charge in [0.2, 0.25) is 10.0 Å². The molecule has 3 N–H and O–H groups in total. The summed E-state index contributed by atoms with van der Waals surface area (Å²) in [6.07, 6.45) is 6.19. The van der Waals surface area contributed by atoms with Crippen molar-refractivity contribution in [2.24, 2.45) is 5.41 Å². The largest absolute Gasteiger partial charge is 0.395 e. The van der Waals surface area contributed by atoms with Gasteiger partial charge in [0, 0.05) is 19.3 Å². The Bertz CT molecular complexity index is 1310. The van der Waals surface area contributed by atoms with Crippen molar-refractivity contribution in [3.8, 4) is 0 Å². The van der Waals surface area contributed by atoms with Crippen molar-refractivity contribution in [3.05, 3.63) is 52.4 Å². The summed E-state index contributed by atoms with van der Waals surface area (Å²) in [7, 11) is -3.72. The highest BCUT2D eigenvalue weighted by Crippen LogP contribution is 2.54. The minimum Gasteiger partial charge on any atom is -0.395 e. The molecule has 2 aromatic rings. The predicted molar refractivity (Wildman–Crippen MR) is 141 cm³/mol. The number of aliphatic hydroxyl groups excluding tert-OH is 1. The molecule has 1 aromatic heterocycles. The normalized spacial score (nSPS) is 19.1. The third kappa shape index (κ3) is 5.76. The number of morpholine rings is 1. The fourth-order valence-electron chi connectivity index (χ4n) is 5.06. The van der Waals surface area contributed by atoms with Gasteiger partial charge < -0.3 is 25.1 Å². The predicted octanol–water partition coefficient (Wildman–Crippen LogP) is 1.18. The van der Waals surface area contributed by atoms with Crippen LogP contribution in [-0.4, -0.2) is 75.9 Å². The highest BCUT2D eigenvalue weighted by Gasteiger charge is 2.44. The summed E-state index contributed by atoms with van der Waals surface area (Å²) in [6, 6.07) is 8.05. The van der Waals surface area contributed by atoms with Crippen LogP contribution in [0.25, 0.3) is 0 Å². The molecule has 1 aromatic carbocycles. The number of sulfonamides is 1. The van der Waals surface area contributed by atoms with Gasteiger partial charge in [-0.05, 0) is 61.4 Å². The highest BCUT2D eigenvalue weighted by molar-refractivity contribution is 7.92. The van der Waals surface area contributed by atoms with Crippen molar-refractivity contribution in [1.82, 2.24) is 4.68 Å². The van der Waals surface area contributed by atoms with Gasteiger partial charge in [0.1, 0.15) is 5.69 Å². The second-order valence-corrected chi connectivity index (χ2v) is 11.8. The topological polar surface area (TPSA) is 133 Å². The number of amides is 1. The molecule has 2 aliphatic heterocycles. The van der Waals surface area contributed by atoms with Crippen LogP contribution in [0.3, 0.4) is 0 Å². The zero-order valence-electron chi connectivity index (χ0n) is 20.7. The van der Waals surface area contributed by atoms with E-state index in [1.54, 1.807) is 30.5 Å². The van der Waals surface area contributed by atoms with Crippen LogP contribution in [0.5, 0.6) is 0 Å². The Morgan fingerprint density at radius 3 is 2.46 bits per heavy atom. The average molecular weight is 532 g/mol. The number of carbonyl (C=O) groups excluding carboxylic acids is 1. The number of nitrogens with zero attached hydrogens (tertiary/aromatic N) is 3. The average Bonchev–Trinajstić information content (AvgIpc) is 3.64. The van der Waals surface area contributed by atoms with E-state index in [1.807, 2.05) is 5.01 Å². The lowest BCUT2D eigenvalue weighted by molar-refractivity contribution is 0.102. The van der Waals surface area contributed by atoms with Crippen molar-refractivity contribution in [2.45, 2.75) is 25.7 Å². The monoisotopic (exact) mass is 531 g/mol. The molecule has 11 nitrogen and oxygen atoms in total. The standard InChI is InChI=1S/C25H33N5O6S/c31-14-17-37(34,35)27-19-3-4-20(22(18-19)28-10-7-25(5-6-25)8-11-28)23(32)26-21-2-1-9-30(24(21)33)29-12-15-36-16-13-29/h1-4,9,18,27,31H,5-8,10-17H2,(H,26,32). The first-order chi connectivity index (χ1) is 17.8. The molecule has 0 radical (unpaired) electrons. The third-order valence-electron chi connectivity index (χ3n) is 7.47. The lowest BCUT2D eigenvalue weighted by Gasteiger charge is -2.35.